The molecule has 0 saturated carbocycles. The molecule has 0 saturated heterocycles. The van der Waals surface area contributed by atoms with Crippen LogP contribution in [0.3, 0.4) is 0 Å². The van der Waals surface area contributed by atoms with Crippen molar-refractivity contribution in [1.82, 2.24) is 14.0 Å². The van der Waals surface area contributed by atoms with Crippen LogP contribution >= 0.6 is 11.8 Å². The number of aromatic nitrogens is 3. The summed E-state index contributed by atoms with van der Waals surface area (Å²) >= 11 is 1.35. The van der Waals surface area contributed by atoms with Gasteiger partial charge in [-0.15, -0.1) is 0 Å². The predicted molar refractivity (Wildman–Crippen MR) is 127 cm³/mol. The third-order valence-corrected chi connectivity index (χ3v) is 6.49. The van der Waals surface area contributed by atoms with Gasteiger partial charge < -0.3 is 13.6 Å². The highest BCUT2D eigenvalue weighted by Crippen LogP contribution is 2.27. The van der Waals surface area contributed by atoms with Crippen molar-refractivity contribution in [3.05, 3.63) is 100.0 Å². The second kappa shape index (κ2) is 8.92. The molecule has 0 unspecified atom stereocenters. The molecule has 0 aliphatic heterocycles. The molecule has 4 heterocycles. The van der Waals surface area contributed by atoms with Gasteiger partial charge in [-0.05, 0) is 48.0 Å². The predicted octanol–water partition coefficient (Wildman–Crippen LogP) is 4.24. The van der Waals surface area contributed by atoms with E-state index in [1.807, 2.05) is 35.0 Å². The van der Waals surface area contributed by atoms with Crippen molar-refractivity contribution >= 4 is 34.2 Å². The number of carbonyl (C=O) groups excluding carboxylic acids is 1. The molecule has 9 heteroatoms. The van der Waals surface area contributed by atoms with Crippen LogP contribution in [0.1, 0.15) is 27.2 Å². The number of hydrogen-bond acceptors (Lipinski definition) is 7. The summed E-state index contributed by atoms with van der Waals surface area (Å²) in [5.74, 6) is 0.539. The van der Waals surface area contributed by atoms with Gasteiger partial charge in [-0.3, -0.25) is 9.36 Å². The smallest absolute Gasteiger partial charge is 0.337 e. The lowest BCUT2D eigenvalue weighted by atomic mass is 10.1. The fourth-order valence-electron chi connectivity index (χ4n) is 3.81. The molecule has 0 spiro atoms. The fourth-order valence-corrected chi connectivity index (χ4v) is 4.78. The van der Waals surface area contributed by atoms with E-state index in [0.29, 0.717) is 38.7 Å². The average Bonchev–Trinajstić information content (AvgIpc) is 3.51. The summed E-state index contributed by atoms with van der Waals surface area (Å²) in [6, 6.07) is 16.2. The van der Waals surface area contributed by atoms with Gasteiger partial charge >= 0.3 is 5.97 Å². The largest absolute Gasteiger partial charge is 0.467 e. The maximum Gasteiger partial charge on any atom is 0.337 e. The van der Waals surface area contributed by atoms with Gasteiger partial charge in [-0.25, -0.2) is 9.78 Å². The van der Waals surface area contributed by atoms with E-state index >= 15 is 0 Å². The summed E-state index contributed by atoms with van der Waals surface area (Å²) in [7, 11) is 1.30. The van der Waals surface area contributed by atoms with Gasteiger partial charge in [0.15, 0.2) is 5.16 Å². The molecule has 34 heavy (non-hydrogen) atoms. The van der Waals surface area contributed by atoms with Gasteiger partial charge in [0.25, 0.3) is 5.56 Å². The molecular weight excluding hydrogens is 452 g/mol. The summed E-state index contributed by atoms with van der Waals surface area (Å²) in [4.78, 5) is 30.1. The minimum absolute atomic E-state index is 0.207. The zero-order valence-electron chi connectivity index (χ0n) is 18.1. The third kappa shape index (κ3) is 3.84. The number of rotatable bonds is 6. The third-order valence-electron chi connectivity index (χ3n) is 5.47. The number of carbonyl (C=O) groups is 1. The van der Waals surface area contributed by atoms with Crippen LogP contribution in [-0.4, -0.2) is 27.0 Å². The monoisotopic (exact) mass is 470 g/mol. The molecule has 0 radical (unpaired) electrons. The van der Waals surface area contributed by atoms with Crippen LogP contribution in [0, 0.1) is 11.3 Å². The summed E-state index contributed by atoms with van der Waals surface area (Å²) in [5.41, 5.74) is 2.70. The SMILES string of the molecule is COC(=O)c1ccc2c(=O)n(Cc3ccco3)c(SCc3cn4ccccc4c3C#N)nc2c1. The molecule has 168 valence electrons. The van der Waals surface area contributed by atoms with E-state index in [1.54, 1.807) is 41.2 Å². The molecule has 1 aromatic carbocycles. The van der Waals surface area contributed by atoms with Crippen LogP contribution in [0.2, 0.25) is 0 Å². The first-order valence-corrected chi connectivity index (χ1v) is 11.3. The normalized spacial score (nSPS) is 11.1. The minimum atomic E-state index is -0.503. The molecule has 0 N–H and O–H groups in total. The van der Waals surface area contributed by atoms with Crippen LogP contribution in [-0.2, 0) is 17.0 Å². The molecule has 0 aliphatic rings. The maximum absolute atomic E-state index is 13.4. The number of ether oxygens (including phenoxy) is 1. The fraction of sp³-hybridized carbons (Fsp3) is 0.120. The first-order valence-electron chi connectivity index (χ1n) is 10.4. The number of furan rings is 1. The molecule has 0 fully saturated rings. The first-order chi connectivity index (χ1) is 16.6. The number of methoxy groups -OCH3 is 1. The number of nitriles is 1. The number of nitrogens with zero attached hydrogens (tertiary/aromatic N) is 4. The van der Waals surface area contributed by atoms with Crippen molar-refractivity contribution in [3.63, 3.8) is 0 Å². The summed E-state index contributed by atoms with van der Waals surface area (Å²) in [5, 5.41) is 10.6. The van der Waals surface area contributed by atoms with Crippen molar-refractivity contribution in [2.45, 2.75) is 17.5 Å². The van der Waals surface area contributed by atoms with Gasteiger partial charge in [0.05, 0.1) is 47.5 Å². The van der Waals surface area contributed by atoms with Crippen LogP contribution in [0.4, 0.5) is 0 Å². The van der Waals surface area contributed by atoms with Crippen molar-refractivity contribution < 1.29 is 13.9 Å². The number of esters is 1. The summed E-state index contributed by atoms with van der Waals surface area (Å²) in [6.07, 6.45) is 5.35. The Morgan fingerprint density at radius 1 is 1.24 bits per heavy atom. The number of thioether (sulfide) groups is 1. The molecule has 0 aliphatic carbocycles. The molecule has 5 rings (SSSR count). The minimum Gasteiger partial charge on any atom is -0.467 e. The van der Waals surface area contributed by atoms with E-state index < -0.39 is 5.97 Å². The highest BCUT2D eigenvalue weighted by molar-refractivity contribution is 7.98. The van der Waals surface area contributed by atoms with E-state index in [9.17, 15) is 14.9 Å². The van der Waals surface area contributed by atoms with E-state index in [2.05, 4.69) is 6.07 Å². The van der Waals surface area contributed by atoms with Crippen LogP contribution in [0.25, 0.3) is 16.4 Å². The van der Waals surface area contributed by atoms with E-state index in [4.69, 9.17) is 14.1 Å². The number of fused-ring (bicyclic) bond motifs is 2. The second-order valence-electron chi connectivity index (χ2n) is 7.51. The number of benzene rings is 1. The Bertz CT molecular complexity index is 1630. The van der Waals surface area contributed by atoms with Crippen molar-refractivity contribution in [1.29, 1.82) is 5.26 Å². The lowest BCUT2D eigenvalue weighted by Crippen LogP contribution is -2.24. The molecule has 0 atom stereocenters. The second-order valence-corrected chi connectivity index (χ2v) is 8.45. The maximum atomic E-state index is 13.4. The summed E-state index contributed by atoms with van der Waals surface area (Å²) in [6.45, 7) is 0.207. The lowest BCUT2D eigenvalue weighted by Gasteiger charge is -2.12. The molecule has 0 amide bonds. The van der Waals surface area contributed by atoms with E-state index in [1.165, 1.54) is 18.9 Å². The Labute approximate surface area is 198 Å². The van der Waals surface area contributed by atoms with Gasteiger partial charge in [0.1, 0.15) is 11.8 Å². The number of hydrogen-bond donors (Lipinski definition) is 0. The number of pyridine rings is 1. The first kappa shape index (κ1) is 21.6. The van der Waals surface area contributed by atoms with Crippen LogP contribution < -0.4 is 5.56 Å². The molecular formula is C25H18N4O4S. The van der Waals surface area contributed by atoms with E-state index in [-0.39, 0.29) is 12.1 Å². The van der Waals surface area contributed by atoms with Crippen molar-refractivity contribution in [2.24, 2.45) is 0 Å². The molecule has 5 aromatic rings. The molecule has 0 bridgehead atoms. The topological polar surface area (TPSA) is 103 Å². The highest BCUT2D eigenvalue weighted by atomic mass is 32.2. The quantitative estimate of drug-likeness (QED) is 0.208. The zero-order chi connectivity index (χ0) is 23.7. The average molecular weight is 471 g/mol. The Morgan fingerprint density at radius 3 is 2.88 bits per heavy atom. The Morgan fingerprint density at radius 2 is 2.12 bits per heavy atom. The van der Waals surface area contributed by atoms with Gasteiger partial charge in [-0.1, -0.05) is 17.8 Å². The van der Waals surface area contributed by atoms with Gasteiger partial charge in [-0.2, -0.15) is 5.26 Å². The van der Waals surface area contributed by atoms with Gasteiger partial charge in [0.2, 0.25) is 0 Å². The lowest BCUT2D eigenvalue weighted by molar-refractivity contribution is 0.0601. The van der Waals surface area contributed by atoms with Gasteiger partial charge in [0, 0.05) is 18.1 Å². The zero-order valence-corrected chi connectivity index (χ0v) is 18.9. The Hall–Kier alpha value is -4.29. The van der Waals surface area contributed by atoms with Crippen molar-refractivity contribution in [3.8, 4) is 6.07 Å². The molecule has 8 nitrogen and oxygen atoms in total. The van der Waals surface area contributed by atoms with E-state index in [0.717, 1.165) is 11.1 Å². The van der Waals surface area contributed by atoms with Crippen molar-refractivity contribution in [2.75, 3.05) is 7.11 Å². The summed E-state index contributed by atoms with van der Waals surface area (Å²) < 4.78 is 13.7. The van der Waals surface area contributed by atoms with Crippen LogP contribution in [0.5, 0.6) is 0 Å². The Kier molecular flexibility index (Phi) is 5.65. The van der Waals surface area contributed by atoms with Crippen LogP contribution in [0.15, 0.2) is 81.6 Å². The highest BCUT2D eigenvalue weighted by Gasteiger charge is 2.17. The Balaban J connectivity index is 1.59. The standard InChI is InChI=1S/C25H18N4O4S/c1-32-24(31)16-7-8-19-21(11-16)27-25(29(23(19)30)14-18-5-4-10-33-18)34-15-17-13-28-9-3-2-6-22(28)20(17)12-26/h2-11,13H,14-15H2,1H3. The molecule has 4 aromatic heterocycles.